The van der Waals surface area contributed by atoms with Gasteiger partial charge in [0.2, 0.25) is 0 Å². The van der Waals surface area contributed by atoms with E-state index in [-0.39, 0.29) is 5.54 Å². The molecular weight excluding hydrogens is 336 g/mol. The summed E-state index contributed by atoms with van der Waals surface area (Å²) in [6.07, 6.45) is 3.51. The Morgan fingerprint density at radius 1 is 1.04 bits per heavy atom. The Labute approximate surface area is 163 Å². The number of benzene rings is 1. The van der Waals surface area contributed by atoms with E-state index < -0.39 is 0 Å². The summed E-state index contributed by atoms with van der Waals surface area (Å²) in [5, 5.41) is 12.8. The monoisotopic (exact) mass is 370 g/mol. The molecule has 3 rings (SSSR count). The van der Waals surface area contributed by atoms with Gasteiger partial charge < -0.3 is 0 Å². The Morgan fingerprint density at radius 3 is 2.37 bits per heavy atom. The molecule has 1 aliphatic heterocycles. The van der Waals surface area contributed by atoms with E-state index in [1.807, 2.05) is 4.68 Å². The van der Waals surface area contributed by atoms with Gasteiger partial charge in [-0.05, 0) is 43.2 Å². The Morgan fingerprint density at radius 2 is 1.74 bits per heavy atom. The SMILES string of the molecule is CCCCC(c1nnnn1C(C)(C)C)N1CCN(Cc2ccccc2)CC1. The van der Waals surface area contributed by atoms with Gasteiger partial charge in [-0.15, -0.1) is 5.10 Å². The lowest BCUT2D eigenvalue weighted by Crippen LogP contribution is -2.48. The molecule has 1 fully saturated rings. The lowest BCUT2D eigenvalue weighted by Gasteiger charge is -2.39. The van der Waals surface area contributed by atoms with Crippen LogP contribution < -0.4 is 0 Å². The fourth-order valence-electron chi connectivity index (χ4n) is 3.83. The van der Waals surface area contributed by atoms with Crippen LogP contribution in [0.25, 0.3) is 0 Å². The Bertz CT molecular complexity index is 682. The number of nitrogens with zero attached hydrogens (tertiary/aromatic N) is 6. The molecule has 27 heavy (non-hydrogen) atoms. The summed E-state index contributed by atoms with van der Waals surface area (Å²) in [5.74, 6) is 1.02. The first-order chi connectivity index (χ1) is 13.0. The summed E-state index contributed by atoms with van der Waals surface area (Å²) >= 11 is 0. The highest BCUT2D eigenvalue weighted by molar-refractivity contribution is 5.14. The molecular formula is C21H34N6. The van der Waals surface area contributed by atoms with Crippen molar-refractivity contribution >= 4 is 0 Å². The fraction of sp³-hybridized carbons (Fsp3) is 0.667. The number of rotatable bonds is 7. The first-order valence-electron chi connectivity index (χ1n) is 10.3. The number of hydrogen-bond donors (Lipinski definition) is 0. The molecule has 0 spiro atoms. The molecule has 1 aliphatic rings. The van der Waals surface area contributed by atoms with E-state index >= 15 is 0 Å². The van der Waals surface area contributed by atoms with Gasteiger partial charge in [0.05, 0.1) is 11.6 Å². The van der Waals surface area contributed by atoms with Crippen LogP contribution >= 0.6 is 0 Å². The van der Waals surface area contributed by atoms with E-state index in [0.717, 1.165) is 45.0 Å². The van der Waals surface area contributed by atoms with Gasteiger partial charge in [0.15, 0.2) is 5.82 Å². The highest BCUT2D eigenvalue weighted by atomic mass is 15.6. The minimum atomic E-state index is -0.0988. The molecule has 6 nitrogen and oxygen atoms in total. The highest BCUT2D eigenvalue weighted by Gasteiger charge is 2.31. The van der Waals surface area contributed by atoms with Crippen molar-refractivity contribution in [3.05, 3.63) is 41.7 Å². The molecule has 1 aromatic carbocycles. The summed E-state index contributed by atoms with van der Waals surface area (Å²) < 4.78 is 2.02. The molecule has 2 heterocycles. The van der Waals surface area contributed by atoms with Crippen LogP contribution in [0.3, 0.4) is 0 Å². The first kappa shape index (κ1) is 20.0. The highest BCUT2D eigenvalue weighted by Crippen LogP contribution is 2.28. The number of hydrogen-bond acceptors (Lipinski definition) is 5. The molecule has 1 atom stereocenters. The summed E-state index contributed by atoms with van der Waals surface area (Å²) in [4.78, 5) is 5.14. The molecule has 6 heteroatoms. The smallest absolute Gasteiger partial charge is 0.168 e. The van der Waals surface area contributed by atoms with Gasteiger partial charge in [0.25, 0.3) is 0 Å². The van der Waals surface area contributed by atoms with Crippen molar-refractivity contribution in [2.24, 2.45) is 0 Å². The molecule has 1 unspecified atom stereocenters. The average Bonchev–Trinajstić information content (AvgIpc) is 3.14. The zero-order valence-corrected chi connectivity index (χ0v) is 17.3. The summed E-state index contributed by atoms with van der Waals surface area (Å²) in [7, 11) is 0. The van der Waals surface area contributed by atoms with Crippen molar-refractivity contribution in [2.75, 3.05) is 26.2 Å². The summed E-state index contributed by atoms with van der Waals surface area (Å²) in [5.41, 5.74) is 1.29. The van der Waals surface area contributed by atoms with Crippen molar-refractivity contribution in [2.45, 2.75) is 65.1 Å². The van der Waals surface area contributed by atoms with Gasteiger partial charge in [-0.2, -0.15) is 0 Å². The van der Waals surface area contributed by atoms with Gasteiger partial charge in [0, 0.05) is 32.7 Å². The van der Waals surface area contributed by atoms with Crippen molar-refractivity contribution in [3.63, 3.8) is 0 Å². The van der Waals surface area contributed by atoms with Gasteiger partial charge >= 0.3 is 0 Å². The minimum Gasteiger partial charge on any atom is -0.297 e. The van der Waals surface area contributed by atoms with Crippen LogP contribution in [0.5, 0.6) is 0 Å². The maximum absolute atomic E-state index is 4.44. The maximum atomic E-state index is 4.44. The third-order valence-electron chi connectivity index (χ3n) is 5.35. The third-order valence-corrected chi connectivity index (χ3v) is 5.35. The fourth-order valence-corrected chi connectivity index (χ4v) is 3.83. The number of piperazine rings is 1. The lowest BCUT2D eigenvalue weighted by atomic mass is 10.0. The maximum Gasteiger partial charge on any atom is 0.168 e. The third kappa shape index (κ3) is 5.14. The standard InChI is InChI=1S/C21H34N6/c1-5-6-12-19(20-22-23-24-27(20)21(2,3)4)26-15-13-25(14-16-26)17-18-10-8-7-9-11-18/h7-11,19H,5-6,12-17H2,1-4H3. The predicted octanol–water partition coefficient (Wildman–Crippen LogP) is 3.48. The van der Waals surface area contributed by atoms with Crippen LogP contribution in [0.15, 0.2) is 30.3 Å². The van der Waals surface area contributed by atoms with Crippen LogP contribution in [0.2, 0.25) is 0 Å². The molecule has 1 aromatic heterocycles. The normalized spacial score (nSPS) is 17.9. The van der Waals surface area contributed by atoms with Crippen molar-refractivity contribution in [3.8, 4) is 0 Å². The second kappa shape index (κ2) is 8.93. The van der Waals surface area contributed by atoms with Crippen molar-refractivity contribution in [1.82, 2.24) is 30.0 Å². The van der Waals surface area contributed by atoms with E-state index in [1.165, 1.54) is 18.4 Å². The Hall–Kier alpha value is -1.79. The largest absolute Gasteiger partial charge is 0.297 e. The van der Waals surface area contributed by atoms with E-state index in [9.17, 15) is 0 Å². The zero-order chi connectivity index (χ0) is 19.3. The Balaban J connectivity index is 1.68. The number of aromatic nitrogens is 4. The first-order valence-corrected chi connectivity index (χ1v) is 10.3. The van der Waals surface area contributed by atoms with Crippen LogP contribution in [-0.2, 0) is 12.1 Å². The second-order valence-corrected chi connectivity index (χ2v) is 8.58. The molecule has 0 bridgehead atoms. The summed E-state index contributed by atoms with van der Waals surface area (Å²) in [6, 6.07) is 11.1. The number of unbranched alkanes of at least 4 members (excludes halogenated alkanes) is 1. The van der Waals surface area contributed by atoms with Crippen LogP contribution in [0.4, 0.5) is 0 Å². The van der Waals surface area contributed by atoms with Crippen molar-refractivity contribution in [1.29, 1.82) is 0 Å². The van der Waals surface area contributed by atoms with Crippen LogP contribution in [-0.4, -0.2) is 56.2 Å². The quantitative estimate of drug-likeness (QED) is 0.747. The summed E-state index contributed by atoms with van der Waals surface area (Å²) in [6.45, 7) is 14.1. The molecule has 1 saturated heterocycles. The van der Waals surface area contributed by atoms with Crippen LogP contribution in [0.1, 0.15) is 64.4 Å². The van der Waals surface area contributed by atoms with Gasteiger partial charge in [-0.1, -0.05) is 50.1 Å². The van der Waals surface area contributed by atoms with E-state index in [4.69, 9.17) is 0 Å². The van der Waals surface area contributed by atoms with E-state index in [0.29, 0.717) is 6.04 Å². The molecule has 0 aliphatic carbocycles. The predicted molar refractivity (Wildman–Crippen MR) is 108 cm³/mol. The minimum absolute atomic E-state index is 0.0988. The Kier molecular flexibility index (Phi) is 6.60. The van der Waals surface area contributed by atoms with Crippen LogP contribution in [0, 0.1) is 0 Å². The zero-order valence-electron chi connectivity index (χ0n) is 17.3. The topological polar surface area (TPSA) is 50.1 Å². The second-order valence-electron chi connectivity index (χ2n) is 8.58. The molecule has 2 aromatic rings. The molecule has 0 saturated carbocycles. The average molecular weight is 371 g/mol. The lowest BCUT2D eigenvalue weighted by molar-refractivity contribution is 0.0789. The molecule has 0 amide bonds. The van der Waals surface area contributed by atoms with Gasteiger partial charge in [-0.3, -0.25) is 9.80 Å². The molecule has 0 N–H and O–H groups in total. The van der Waals surface area contributed by atoms with E-state index in [2.05, 4.69) is 83.4 Å². The van der Waals surface area contributed by atoms with Gasteiger partial charge in [0.1, 0.15) is 0 Å². The molecule has 0 radical (unpaired) electrons. The van der Waals surface area contributed by atoms with Crippen molar-refractivity contribution < 1.29 is 0 Å². The van der Waals surface area contributed by atoms with Gasteiger partial charge in [-0.25, -0.2) is 4.68 Å². The molecule has 148 valence electrons. The number of tetrazole rings is 1. The van der Waals surface area contributed by atoms with E-state index in [1.54, 1.807) is 0 Å².